The topological polar surface area (TPSA) is 107 Å². The third-order valence-electron chi connectivity index (χ3n) is 3.33. The third kappa shape index (κ3) is 3.45. The fraction of sp³-hybridized carbons (Fsp3) is 0.462. The van der Waals surface area contributed by atoms with Gasteiger partial charge in [-0.3, -0.25) is 14.9 Å². The number of para-hydroxylation sites is 1. The molecule has 110 valence electrons. The first-order chi connectivity index (χ1) is 9.31. The Kier molecular flexibility index (Phi) is 5.04. The molecule has 3 N–H and O–H groups in total. The van der Waals surface area contributed by atoms with E-state index in [2.05, 4.69) is 5.32 Å². The number of benzene rings is 1. The average Bonchev–Trinajstić information content (AvgIpc) is 2.39. The van der Waals surface area contributed by atoms with Crippen LogP contribution in [0.5, 0.6) is 5.75 Å². The SMILES string of the molecule is CNC(C)(CCOc1c(C)cccc1[N+](=O)[O-])C(N)=O. The van der Waals surface area contributed by atoms with Crippen molar-refractivity contribution in [3.8, 4) is 5.75 Å². The van der Waals surface area contributed by atoms with E-state index in [9.17, 15) is 14.9 Å². The predicted molar refractivity (Wildman–Crippen MR) is 74.6 cm³/mol. The van der Waals surface area contributed by atoms with Gasteiger partial charge in [0.2, 0.25) is 5.91 Å². The van der Waals surface area contributed by atoms with Crippen LogP contribution < -0.4 is 15.8 Å². The second kappa shape index (κ2) is 6.33. The van der Waals surface area contributed by atoms with E-state index in [4.69, 9.17) is 10.5 Å². The summed E-state index contributed by atoms with van der Waals surface area (Å²) >= 11 is 0. The van der Waals surface area contributed by atoms with Crippen LogP contribution in [0.1, 0.15) is 18.9 Å². The maximum absolute atomic E-state index is 11.3. The van der Waals surface area contributed by atoms with Crippen LogP contribution in [0, 0.1) is 17.0 Å². The predicted octanol–water partition coefficient (Wildman–Crippen LogP) is 1.14. The van der Waals surface area contributed by atoms with Crippen molar-refractivity contribution in [2.45, 2.75) is 25.8 Å². The van der Waals surface area contributed by atoms with Gasteiger partial charge in [-0.25, -0.2) is 0 Å². The van der Waals surface area contributed by atoms with Crippen LogP contribution >= 0.6 is 0 Å². The van der Waals surface area contributed by atoms with Crippen LogP contribution in [0.15, 0.2) is 18.2 Å². The smallest absolute Gasteiger partial charge is 0.311 e. The molecule has 0 radical (unpaired) electrons. The van der Waals surface area contributed by atoms with Crippen LogP contribution in [0.25, 0.3) is 0 Å². The van der Waals surface area contributed by atoms with Crippen molar-refractivity contribution in [3.05, 3.63) is 33.9 Å². The minimum atomic E-state index is -0.905. The summed E-state index contributed by atoms with van der Waals surface area (Å²) in [7, 11) is 1.63. The Balaban J connectivity index is 2.81. The van der Waals surface area contributed by atoms with Crippen LogP contribution in [0.3, 0.4) is 0 Å². The van der Waals surface area contributed by atoms with Crippen molar-refractivity contribution < 1.29 is 14.5 Å². The number of carbonyl (C=O) groups excluding carboxylic acids is 1. The zero-order valence-corrected chi connectivity index (χ0v) is 11.8. The lowest BCUT2D eigenvalue weighted by atomic mass is 9.98. The van der Waals surface area contributed by atoms with E-state index >= 15 is 0 Å². The first-order valence-corrected chi connectivity index (χ1v) is 6.17. The molecule has 0 fully saturated rings. The van der Waals surface area contributed by atoms with Crippen LogP contribution in [-0.4, -0.2) is 30.0 Å². The average molecular weight is 281 g/mol. The number of hydrogen-bond acceptors (Lipinski definition) is 5. The first-order valence-electron chi connectivity index (χ1n) is 6.17. The van der Waals surface area contributed by atoms with Gasteiger partial charge < -0.3 is 15.8 Å². The number of hydrogen-bond donors (Lipinski definition) is 2. The maximum Gasteiger partial charge on any atom is 0.311 e. The molecule has 1 aromatic carbocycles. The Morgan fingerprint density at radius 1 is 1.55 bits per heavy atom. The van der Waals surface area contributed by atoms with E-state index in [1.807, 2.05) is 0 Å². The van der Waals surface area contributed by atoms with Crippen molar-refractivity contribution in [1.29, 1.82) is 0 Å². The second-order valence-corrected chi connectivity index (χ2v) is 4.73. The highest BCUT2D eigenvalue weighted by molar-refractivity contribution is 5.84. The van der Waals surface area contributed by atoms with Gasteiger partial charge in [0.05, 0.1) is 17.1 Å². The standard InChI is InChI=1S/C13H19N3O4/c1-9-5-4-6-10(16(18)19)11(9)20-8-7-13(2,15-3)12(14)17/h4-6,15H,7-8H2,1-3H3,(H2,14,17). The van der Waals surface area contributed by atoms with Gasteiger partial charge in [0.1, 0.15) is 0 Å². The van der Waals surface area contributed by atoms with Crippen molar-refractivity contribution >= 4 is 11.6 Å². The second-order valence-electron chi connectivity index (χ2n) is 4.73. The Labute approximate surface area is 117 Å². The number of likely N-dealkylation sites (N-methyl/N-ethyl adjacent to an activating group) is 1. The minimum Gasteiger partial charge on any atom is -0.487 e. The number of primary amides is 1. The zero-order valence-electron chi connectivity index (χ0n) is 11.8. The van der Waals surface area contributed by atoms with Gasteiger partial charge in [-0.15, -0.1) is 0 Å². The molecule has 7 heteroatoms. The Bertz CT molecular complexity index is 518. The number of nitro benzene ring substituents is 1. The summed E-state index contributed by atoms with van der Waals surface area (Å²) in [5.41, 5.74) is 4.98. The number of carbonyl (C=O) groups is 1. The van der Waals surface area contributed by atoms with Crippen LogP contribution in [0.4, 0.5) is 5.69 Å². The Morgan fingerprint density at radius 2 is 2.20 bits per heavy atom. The molecule has 1 unspecified atom stereocenters. The van der Waals surface area contributed by atoms with Gasteiger partial charge in [0, 0.05) is 12.5 Å². The first kappa shape index (κ1) is 15.9. The fourth-order valence-corrected chi connectivity index (χ4v) is 1.70. The summed E-state index contributed by atoms with van der Waals surface area (Å²) in [6.07, 6.45) is 0.310. The number of nitro groups is 1. The summed E-state index contributed by atoms with van der Waals surface area (Å²) in [4.78, 5) is 21.8. The molecule has 0 aliphatic heterocycles. The molecule has 0 spiro atoms. The van der Waals surface area contributed by atoms with E-state index < -0.39 is 16.4 Å². The molecule has 1 atom stereocenters. The van der Waals surface area contributed by atoms with Gasteiger partial charge in [0.15, 0.2) is 5.75 Å². The number of ether oxygens (including phenoxy) is 1. The van der Waals surface area contributed by atoms with Crippen molar-refractivity contribution in [3.63, 3.8) is 0 Å². The molecule has 0 saturated carbocycles. The number of nitrogens with zero attached hydrogens (tertiary/aromatic N) is 1. The Morgan fingerprint density at radius 3 is 2.70 bits per heavy atom. The van der Waals surface area contributed by atoms with E-state index in [0.717, 1.165) is 0 Å². The maximum atomic E-state index is 11.3. The molecule has 0 aliphatic carbocycles. The lowest BCUT2D eigenvalue weighted by Crippen LogP contribution is -2.52. The van der Waals surface area contributed by atoms with E-state index in [0.29, 0.717) is 12.0 Å². The van der Waals surface area contributed by atoms with Crippen LogP contribution in [-0.2, 0) is 4.79 Å². The molecule has 7 nitrogen and oxygen atoms in total. The fourth-order valence-electron chi connectivity index (χ4n) is 1.70. The third-order valence-corrected chi connectivity index (χ3v) is 3.33. The Hall–Kier alpha value is -2.15. The van der Waals surface area contributed by atoms with Gasteiger partial charge >= 0.3 is 5.69 Å². The summed E-state index contributed by atoms with van der Waals surface area (Å²) < 4.78 is 5.49. The minimum absolute atomic E-state index is 0.0877. The highest BCUT2D eigenvalue weighted by Crippen LogP contribution is 2.30. The summed E-state index contributed by atoms with van der Waals surface area (Å²) in [5.74, 6) is -0.275. The molecule has 0 saturated heterocycles. The van der Waals surface area contributed by atoms with Crippen molar-refractivity contribution in [2.75, 3.05) is 13.7 Å². The quantitative estimate of drug-likeness (QED) is 0.575. The largest absolute Gasteiger partial charge is 0.487 e. The molecule has 0 heterocycles. The summed E-state index contributed by atoms with van der Waals surface area (Å²) in [6.45, 7) is 3.53. The molecule has 1 amide bonds. The van der Waals surface area contributed by atoms with Gasteiger partial charge in [-0.2, -0.15) is 0 Å². The lowest BCUT2D eigenvalue weighted by molar-refractivity contribution is -0.385. The van der Waals surface area contributed by atoms with Gasteiger partial charge in [-0.05, 0) is 26.5 Å². The molecule has 0 aromatic heterocycles. The number of nitrogens with one attached hydrogen (secondary N) is 1. The molecular formula is C13H19N3O4. The highest BCUT2D eigenvalue weighted by Gasteiger charge is 2.29. The number of aryl methyl sites for hydroxylation is 1. The molecule has 0 bridgehead atoms. The molecular weight excluding hydrogens is 262 g/mol. The number of nitrogens with two attached hydrogens (primary N) is 1. The number of rotatable bonds is 7. The molecule has 1 aromatic rings. The zero-order chi connectivity index (χ0) is 15.3. The molecule has 0 aliphatic rings. The molecule has 1 rings (SSSR count). The van der Waals surface area contributed by atoms with E-state index in [1.54, 1.807) is 33.0 Å². The molecule has 20 heavy (non-hydrogen) atoms. The van der Waals surface area contributed by atoms with Crippen molar-refractivity contribution in [1.82, 2.24) is 5.32 Å². The highest BCUT2D eigenvalue weighted by atomic mass is 16.6. The summed E-state index contributed by atoms with van der Waals surface area (Å²) in [6, 6.07) is 4.71. The monoisotopic (exact) mass is 281 g/mol. The van der Waals surface area contributed by atoms with E-state index in [-0.39, 0.29) is 18.0 Å². The van der Waals surface area contributed by atoms with Crippen LogP contribution in [0.2, 0.25) is 0 Å². The van der Waals surface area contributed by atoms with Gasteiger partial charge in [-0.1, -0.05) is 12.1 Å². The lowest BCUT2D eigenvalue weighted by Gasteiger charge is -2.25. The number of amides is 1. The van der Waals surface area contributed by atoms with Crippen molar-refractivity contribution in [2.24, 2.45) is 5.73 Å². The van der Waals surface area contributed by atoms with Gasteiger partial charge in [0.25, 0.3) is 0 Å². The normalized spacial score (nSPS) is 13.6. The summed E-state index contributed by atoms with van der Waals surface area (Å²) in [5, 5.41) is 13.8. The van der Waals surface area contributed by atoms with E-state index in [1.165, 1.54) is 6.07 Å².